The van der Waals surface area contributed by atoms with Gasteiger partial charge in [0.1, 0.15) is 15.3 Å². The molecule has 0 heterocycles. The highest BCUT2D eigenvalue weighted by molar-refractivity contribution is 6.43. The van der Waals surface area contributed by atoms with Gasteiger partial charge in [-0.3, -0.25) is 10.1 Å². The molecule has 0 fully saturated rings. The van der Waals surface area contributed by atoms with Crippen LogP contribution in [0, 0.1) is 21.4 Å². The van der Waals surface area contributed by atoms with Crippen LogP contribution in [-0.2, 0) is 0 Å². The number of rotatable bonds is 8. The summed E-state index contributed by atoms with van der Waals surface area (Å²) in [6.45, 7) is 1.96. The van der Waals surface area contributed by atoms with Gasteiger partial charge in [0.05, 0.1) is 16.7 Å². The molecule has 104 valence electrons. The number of ether oxygens (including phenoxy) is 1. The van der Waals surface area contributed by atoms with E-state index in [4.69, 9.17) is 10.00 Å². The molecule has 0 aromatic heterocycles. The molecule has 0 aliphatic heterocycles. The molecule has 0 saturated heterocycles. The van der Waals surface area contributed by atoms with Crippen LogP contribution in [0.25, 0.3) is 0 Å². The fourth-order valence-corrected chi connectivity index (χ4v) is 2.25. The first-order valence-corrected chi connectivity index (χ1v) is 7.48. The molecule has 1 atom stereocenters. The number of nitro benzene ring substituents is 1. The Morgan fingerprint density at radius 2 is 2.20 bits per heavy atom. The van der Waals surface area contributed by atoms with Crippen molar-refractivity contribution in [1.82, 2.24) is 0 Å². The molecule has 0 spiro atoms. The zero-order valence-corrected chi connectivity index (χ0v) is 12.3. The number of hydrogen-bond acceptors (Lipinski definition) is 4. The van der Waals surface area contributed by atoms with Gasteiger partial charge in [0.25, 0.3) is 5.69 Å². The lowest BCUT2D eigenvalue weighted by Gasteiger charge is -2.11. The first-order chi connectivity index (χ1) is 9.63. The Labute approximate surface area is 120 Å². The standard InChI is InChI=1S/C14H16N2O3Si/c1-12(20-11-5-3-2-4-10-15)19-14-8-6-13(7-9-14)16(17)18/h5-9,11-12H,2-4H2,1H3. The Kier molecular flexibility index (Phi) is 7.07. The van der Waals surface area contributed by atoms with Crippen molar-refractivity contribution in [3.05, 3.63) is 46.2 Å². The quantitative estimate of drug-likeness (QED) is 0.318. The number of unbranched alkanes of at least 4 members (excludes halogenated alkanes) is 2. The number of hydrogen-bond donors (Lipinski definition) is 0. The van der Waals surface area contributed by atoms with E-state index in [1.54, 1.807) is 12.1 Å². The van der Waals surface area contributed by atoms with Gasteiger partial charge in [-0.05, 0) is 31.9 Å². The molecule has 0 aliphatic carbocycles. The van der Waals surface area contributed by atoms with Gasteiger partial charge in [0.2, 0.25) is 0 Å². The normalized spacial score (nSPS) is 12.0. The first-order valence-electron chi connectivity index (χ1n) is 6.32. The van der Waals surface area contributed by atoms with Gasteiger partial charge in [-0.15, -0.1) is 0 Å². The second-order valence-corrected chi connectivity index (χ2v) is 5.61. The van der Waals surface area contributed by atoms with E-state index in [1.807, 2.05) is 6.92 Å². The summed E-state index contributed by atoms with van der Waals surface area (Å²) in [7, 11) is 0.516. The summed E-state index contributed by atoms with van der Waals surface area (Å²) in [5.74, 6) is 0.633. The van der Waals surface area contributed by atoms with E-state index < -0.39 is 4.92 Å². The maximum Gasteiger partial charge on any atom is 0.269 e. The number of nitriles is 1. The SMILES string of the molecule is CC(Oc1ccc([N+](=O)[O-])cc1)[Si]C=CCCCC#N. The van der Waals surface area contributed by atoms with Gasteiger partial charge in [0.15, 0.2) is 0 Å². The van der Waals surface area contributed by atoms with Crippen LogP contribution >= 0.6 is 0 Å². The van der Waals surface area contributed by atoms with Crippen molar-refractivity contribution in [2.75, 3.05) is 0 Å². The van der Waals surface area contributed by atoms with Gasteiger partial charge < -0.3 is 4.74 Å². The van der Waals surface area contributed by atoms with Crippen LogP contribution in [0.1, 0.15) is 26.2 Å². The van der Waals surface area contributed by atoms with Crippen LogP contribution in [-0.4, -0.2) is 20.2 Å². The molecule has 1 aromatic rings. The summed E-state index contributed by atoms with van der Waals surface area (Å²) in [5, 5.41) is 18.9. The predicted octanol–water partition coefficient (Wildman–Crippen LogP) is 3.23. The summed E-state index contributed by atoms with van der Waals surface area (Å²) in [6, 6.07) is 8.19. The smallest absolute Gasteiger partial charge is 0.269 e. The van der Waals surface area contributed by atoms with E-state index in [0.29, 0.717) is 21.7 Å². The minimum atomic E-state index is -0.432. The molecule has 5 nitrogen and oxygen atoms in total. The molecular formula is C14H16N2O3Si. The second-order valence-electron chi connectivity index (χ2n) is 4.13. The van der Waals surface area contributed by atoms with Crippen molar-refractivity contribution in [3.63, 3.8) is 0 Å². The summed E-state index contributed by atoms with van der Waals surface area (Å²) in [4.78, 5) is 10.1. The van der Waals surface area contributed by atoms with E-state index in [1.165, 1.54) is 12.1 Å². The van der Waals surface area contributed by atoms with E-state index in [2.05, 4.69) is 17.8 Å². The molecular weight excluding hydrogens is 272 g/mol. The Morgan fingerprint density at radius 1 is 1.50 bits per heavy atom. The van der Waals surface area contributed by atoms with Gasteiger partial charge in [-0.2, -0.15) is 5.26 Å². The molecule has 1 aromatic carbocycles. The van der Waals surface area contributed by atoms with Crippen LogP contribution in [0.5, 0.6) is 5.75 Å². The third-order valence-corrected chi connectivity index (χ3v) is 3.48. The van der Waals surface area contributed by atoms with E-state index in [-0.39, 0.29) is 11.4 Å². The second kappa shape index (κ2) is 8.88. The molecule has 0 N–H and O–H groups in total. The zero-order valence-electron chi connectivity index (χ0n) is 11.3. The molecule has 1 rings (SSSR count). The van der Waals surface area contributed by atoms with Crippen molar-refractivity contribution < 1.29 is 9.66 Å². The van der Waals surface area contributed by atoms with Crippen molar-refractivity contribution >= 4 is 15.2 Å². The highest BCUT2D eigenvalue weighted by Gasteiger charge is 2.07. The van der Waals surface area contributed by atoms with Gasteiger partial charge in [-0.1, -0.05) is 11.8 Å². The summed E-state index contributed by atoms with van der Waals surface area (Å²) in [6.07, 6.45) is 4.44. The molecule has 0 aliphatic rings. The minimum Gasteiger partial charge on any atom is -0.495 e. The fourth-order valence-electron chi connectivity index (χ4n) is 1.47. The van der Waals surface area contributed by atoms with Crippen molar-refractivity contribution in [3.8, 4) is 11.8 Å². The Bertz CT molecular complexity index is 494. The highest BCUT2D eigenvalue weighted by atomic mass is 28.2. The number of nitrogens with zero attached hydrogens (tertiary/aromatic N) is 2. The molecule has 2 radical (unpaired) electrons. The minimum absolute atomic E-state index is 0.0312. The molecule has 6 heteroatoms. The number of nitro groups is 1. The average molecular weight is 288 g/mol. The Morgan fingerprint density at radius 3 is 2.80 bits per heavy atom. The van der Waals surface area contributed by atoms with Gasteiger partial charge in [-0.25, -0.2) is 0 Å². The molecule has 1 unspecified atom stereocenters. The average Bonchev–Trinajstić information content (AvgIpc) is 2.43. The monoisotopic (exact) mass is 288 g/mol. The third-order valence-electron chi connectivity index (χ3n) is 2.47. The largest absolute Gasteiger partial charge is 0.495 e. The summed E-state index contributed by atoms with van der Waals surface area (Å²) < 4.78 is 5.66. The highest BCUT2D eigenvalue weighted by Crippen LogP contribution is 2.18. The van der Waals surface area contributed by atoms with Gasteiger partial charge >= 0.3 is 0 Å². The Hall–Kier alpha value is -2.13. The van der Waals surface area contributed by atoms with E-state index in [9.17, 15) is 10.1 Å². The third kappa shape index (κ3) is 6.16. The molecule has 0 bridgehead atoms. The molecule has 0 saturated carbocycles. The van der Waals surface area contributed by atoms with E-state index in [0.717, 1.165) is 12.8 Å². The lowest BCUT2D eigenvalue weighted by Crippen LogP contribution is -2.18. The summed E-state index contributed by atoms with van der Waals surface area (Å²) >= 11 is 0. The topological polar surface area (TPSA) is 76.2 Å². The first kappa shape index (κ1) is 15.9. The maximum absolute atomic E-state index is 10.5. The lowest BCUT2D eigenvalue weighted by molar-refractivity contribution is -0.384. The van der Waals surface area contributed by atoms with Crippen molar-refractivity contribution in [2.45, 2.75) is 31.9 Å². The number of benzene rings is 1. The Balaban J connectivity index is 2.33. The van der Waals surface area contributed by atoms with Crippen molar-refractivity contribution in [2.24, 2.45) is 0 Å². The molecule has 20 heavy (non-hydrogen) atoms. The fraction of sp³-hybridized carbons (Fsp3) is 0.357. The predicted molar refractivity (Wildman–Crippen MR) is 77.5 cm³/mol. The number of non-ortho nitro benzene ring substituents is 1. The number of allylic oxidation sites excluding steroid dienone is 1. The zero-order chi connectivity index (χ0) is 14.8. The van der Waals surface area contributed by atoms with Gasteiger partial charge in [0, 0.05) is 18.6 Å². The van der Waals surface area contributed by atoms with E-state index >= 15 is 0 Å². The maximum atomic E-state index is 10.5. The summed E-state index contributed by atoms with van der Waals surface area (Å²) in [5.41, 5.74) is 2.15. The van der Waals surface area contributed by atoms with Crippen LogP contribution < -0.4 is 4.74 Å². The molecule has 0 amide bonds. The lowest BCUT2D eigenvalue weighted by atomic mass is 10.2. The van der Waals surface area contributed by atoms with Crippen LogP contribution in [0.15, 0.2) is 36.0 Å². The van der Waals surface area contributed by atoms with Crippen molar-refractivity contribution in [1.29, 1.82) is 5.26 Å². The van der Waals surface area contributed by atoms with Crippen LogP contribution in [0.3, 0.4) is 0 Å². The van der Waals surface area contributed by atoms with Crippen LogP contribution in [0.4, 0.5) is 5.69 Å². The van der Waals surface area contributed by atoms with Crippen LogP contribution in [0.2, 0.25) is 0 Å².